The Labute approximate surface area is 116 Å². The first kappa shape index (κ1) is 13.8. The van der Waals surface area contributed by atoms with Crippen LogP contribution in [0.3, 0.4) is 0 Å². The van der Waals surface area contributed by atoms with Crippen molar-refractivity contribution in [3.63, 3.8) is 0 Å². The lowest BCUT2D eigenvalue weighted by atomic mass is 9.69. The van der Waals surface area contributed by atoms with E-state index in [2.05, 4.69) is 0 Å². The summed E-state index contributed by atoms with van der Waals surface area (Å²) in [7, 11) is 0. The summed E-state index contributed by atoms with van der Waals surface area (Å²) in [4.78, 5) is 0. The number of aliphatic hydroxyl groups is 1. The Kier molecular flexibility index (Phi) is 4.16. The van der Waals surface area contributed by atoms with E-state index in [4.69, 9.17) is 9.47 Å². The SMILES string of the molecule is OC1(C2CCOC3(CCCCC3)C2)CCCOCC1. The van der Waals surface area contributed by atoms with E-state index in [1.165, 1.54) is 32.1 Å². The fraction of sp³-hybridized carbons (Fsp3) is 1.00. The highest BCUT2D eigenvalue weighted by atomic mass is 16.5. The van der Waals surface area contributed by atoms with Crippen molar-refractivity contribution >= 4 is 0 Å². The Bertz CT molecular complexity index is 283. The van der Waals surface area contributed by atoms with Gasteiger partial charge >= 0.3 is 0 Å². The van der Waals surface area contributed by atoms with Crippen LogP contribution in [-0.4, -0.2) is 36.1 Å². The summed E-state index contributed by atoms with van der Waals surface area (Å²) in [6, 6.07) is 0. The summed E-state index contributed by atoms with van der Waals surface area (Å²) < 4.78 is 11.7. The van der Waals surface area contributed by atoms with Crippen molar-refractivity contribution in [2.75, 3.05) is 19.8 Å². The van der Waals surface area contributed by atoms with Crippen molar-refractivity contribution in [2.45, 2.75) is 75.4 Å². The van der Waals surface area contributed by atoms with Crippen LogP contribution in [0.4, 0.5) is 0 Å². The summed E-state index contributed by atoms with van der Waals surface area (Å²) in [5, 5.41) is 11.1. The quantitative estimate of drug-likeness (QED) is 0.794. The second-order valence-electron chi connectivity index (χ2n) is 6.85. The normalized spacial score (nSPS) is 39.9. The van der Waals surface area contributed by atoms with Crippen molar-refractivity contribution in [3.8, 4) is 0 Å². The number of ether oxygens (including phenoxy) is 2. The van der Waals surface area contributed by atoms with Gasteiger partial charge in [0.2, 0.25) is 0 Å². The van der Waals surface area contributed by atoms with Gasteiger partial charge in [0.25, 0.3) is 0 Å². The van der Waals surface area contributed by atoms with E-state index in [9.17, 15) is 5.11 Å². The summed E-state index contributed by atoms with van der Waals surface area (Å²) in [6.45, 7) is 2.38. The van der Waals surface area contributed by atoms with E-state index in [1.807, 2.05) is 0 Å². The van der Waals surface area contributed by atoms with Gasteiger partial charge in [0, 0.05) is 19.8 Å². The minimum Gasteiger partial charge on any atom is -0.390 e. The van der Waals surface area contributed by atoms with Crippen LogP contribution in [-0.2, 0) is 9.47 Å². The highest BCUT2D eigenvalue weighted by Crippen LogP contribution is 2.46. The molecule has 0 aromatic heterocycles. The Morgan fingerprint density at radius 2 is 1.68 bits per heavy atom. The van der Waals surface area contributed by atoms with E-state index >= 15 is 0 Å². The zero-order valence-corrected chi connectivity index (χ0v) is 12.0. The molecular formula is C16H28O3. The highest BCUT2D eigenvalue weighted by Gasteiger charge is 2.46. The molecule has 2 heterocycles. The molecule has 0 radical (unpaired) electrons. The Morgan fingerprint density at radius 3 is 2.53 bits per heavy atom. The molecule has 0 amide bonds. The van der Waals surface area contributed by atoms with Crippen molar-refractivity contribution < 1.29 is 14.6 Å². The van der Waals surface area contributed by atoms with Gasteiger partial charge in [0.15, 0.2) is 0 Å². The van der Waals surface area contributed by atoms with Crippen molar-refractivity contribution in [1.82, 2.24) is 0 Å². The van der Waals surface area contributed by atoms with Gasteiger partial charge < -0.3 is 14.6 Å². The first-order chi connectivity index (χ1) is 9.23. The van der Waals surface area contributed by atoms with Crippen LogP contribution in [0.15, 0.2) is 0 Å². The summed E-state index contributed by atoms with van der Waals surface area (Å²) in [6.07, 6.45) is 11.2. The van der Waals surface area contributed by atoms with Crippen molar-refractivity contribution in [2.24, 2.45) is 5.92 Å². The van der Waals surface area contributed by atoms with E-state index in [0.717, 1.165) is 51.9 Å². The lowest BCUT2D eigenvalue weighted by Crippen LogP contribution is -2.49. The first-order valence-electron chi connectivity index (χ1n) is 8.17. The largest absolute Gasteiger partial charge is 0.390 e. The molecule has 3 aliphatic rings. The lowest BCUT2D eigenvalue weighted by Gasteiger charge is -2.48. The monoisotopic (exact) mass is 268 g/mol. The third-order valence-electron chi connectivity index (χ3n) is 5.60. The summed E-state index contributed by atoms with van der Waals surface area (Å²) in [5.74, 6) is 0.418. The van der Waals surface area contributed by atoms with E-state index in [1.54, 1.807) is 0 Å². The fourth-order valence-corrected chi connectivity index (χ4v) is 4.40. The van der Waals surface area contributed by atoms with Crippen LogP contribution < -0.4 is 0 Å². The van der Waals surface area contributed by atoms with Gasteiger partial charge in [-0.1, -0.05) is 19.3 Å². The average Bonchev–Trinajstić information content (AvgIpc) is 2.66. The molecule has 0 aromatic carbocycles. The van der Waals surface area contributed by atoms with Gasteiger partial charge in [-0.3, -0.25) is 0 Å². The molecule has 1 saturated carbocycles. The van der Waals surface area contributed by atoms with Gasteiger partial charge in [-0.15, -0.1) is 0 Å². The van der Waals surface area contributed by atoms with Gasteiger partial charge in [-0.2, -0.15) is 0 Å². The molecule has 1 spiro atoms. The summed E-state index contributed by atoms with van der Waals surface area (Å²) >= 11 is 0. The standard InChI is InChI=1S/C16H28O3/c17-16(8-4-10-18-12-9-16)14-5-11-19-15(13-14)6-2-1-3-7-15/h14,17H,1-13H2. The highest BCUT2D eigenvalue weighted by molar-refractivity contribution is 4.97. The predicted octanol–water partition coefficient (Wildman–Crippen LogP) is 3.05. The van der Waals surface area contributed by atoms with Gasteiger partial charge in [0.05, 0.1) is 11.2 Å². The Morgan fingerprint density at radius 1 is 0.842 bits per heavy atom. The zero-order valence-electron chi connectivity index (χ0n) is 12.0. The third-order valence-corrected chi connectivity index (χ3v) is 5.60. The van der Waals surface area contributed by atoms with Gasteiger partial charge in [0.1, 0.15) is 0 Å². The van der Waals surface area contributed by atoms with Crippen LogP contribution in [0, 0.1) is 5.92 Å². The minimum absolute atomic E-state index is 0.101. The zero-order chi connectivity index (χ0) is 13.2. The summed E-state index contributed by atoms with van der Waals surface area (Å²) in [5.41, 5.74) is -0.394. The molecular weight excluding hydrogens is 240 g/mol. The molecule has 2 unspecified atom stereocenters. The maximum absolute atomic E-state index is 11.1. The molecule has 110 valence electrons. The molecule has 3 rings (SSSR count). The minimum atomic E-state index is -0.495. The molecule has 2 aliphatic heterocycles. The lowest BCUT2D eigenvalue weighted by molar-refractivity contribution is -0.159. The van der Waals surface area contributed by atoms with E-state index in [-0.39, 0.29) is 5.60 Å². The molecule has 3 fully saturated rings. The third kappa shape index (κ3) is 2.98. The topological polar surface area (TPSA) is 38.7 Å². The molecule has 1 N–H and O–H groups in total. The second-order valence-corrected chi connectivity index (χ2v) is 6.85. The Hall–Kier alpha value is -0.120. The molecule has 0 aromatic rings. The van der Waals surface area contributed by atoms with Crippen molar-refractivity contribution in [1.29, 1.82) is 0 Å². The number of hydrogen-bond donors (Lipinski definition) is 1. The number of rotatable bonds is 1. The molecule has 2 saturated heterocycles. The fourth-order valence-electron chi connectivity index (χ4n) is 4.40. The molecule has 3 heteroatoms. The van der Waals surface area contributed by atoms with E-state index in [0.29, 0.717) is 5.92 Å². The van der Waals surface area contributed by atoms with Crippen LogP contribution >= 0.6 is 0 Å². The smallest absolute Gasteiger partial charge is 0.0700 e. The van der Waals surface area contributed by atoms with Crippen LogP contribution in [0.5, 0.6) is 0 Å². The molecule has 0 bridgehead atoms. The van der Waals surface area contributed by atoms with Crippen molar-refractivity contribution in [3.05, 3.63) is 0 Å². The number of hydrogen-bond acceptors (Lipinski definition) is 3. The average molecular weight is 268 g/mol. The van der Waals surface area contributed by atoms with Gasteiger partial charge in [-0.25, -0.2) is 0 Å². The van der Waals surface area contributed by atoms with Gasteiger partial charge in [-0.05, 0) is 50.9 Å². The molecule has 1 aliphatic carbocycles. The van der Waals surface area contributed by atoms with Crippen LogP contribution in [0.2, 0.25) is 0 Å². The second kappa shape index (κ2) is 5.71. The van der Waals surface area contributed by atoms with E-state index < -0.39 is 5.60 Å². The van der Waals surface area contributed by atoms with Crippen LogP contribution in [0.25, 0.3) is 0 Å². The molecule has 2 atom stereocenters. The van der Waals surface area contributed by atoms with Crippen LogP contribution in [0.1, 0.15) is 64.2 Å². The molecule has 3 nitrogen and oxygen atoms in total. The maximum Gasteiger partial charge on any atom is 0.0700 e. The predicted molar refractivity (Wildman–Crippen MR) is 74.1 cm³/mol. The Balaban J connectivity index is 1.69. The first-order valence-corrected chi connectivity index (χ1v) is 8.17. The maximum atomic E-state index is 11.1. The molecule has 19 heavy (non-hydrogen) atoms.